The smallest absolute Gasteiger partial charge is 0.276 e. The van der Waals surface area contributed by atoms with Gasteiger partial charge in [0.2, 0.25) is 0 Å². The molecule has 0 fully saturated rings. The zero-order valence-electron chi connectivity index (χ0n) is 15.1. The first kappa shape index (κ1) is 20.0. The number of hydrogen-bond donors (Lipinski definition) is 3. The van der Waals surface area contributed by atoms with Gasteiger partial charge in [0.05, 0.1) is 27.9 Å². The van der Waals surface area contributed by atoms with Gasteiger partial charge in [0, 0.05) is 11.6 Å². The highest BCUT2D eigenvalue weighted by atomic mass is 35.5. The van der Waals surface area contributed by atoms with Gasteiger partial charge in [0.15, 0.2) is 11.5 Å². The van der Waals surface area contributed by atoms with Crippen molar-refractivity contribution in [1.29, 1.82) is 0 Å². The number of amides is 1. The molecule has 1 aliphatic heterocycles. The molecule has 0 bridgehead atoms. The van der Waals surface area contributed by atoms with Gasteiger partial charge in [-0.3, -0.25) is 4.79 Å². The Bertz CT molecular complexity index is 1020. The maximum atomic E-state index is 12.9. The maximum absolute atomic E-state index is 12.9. The second-order valence-electron chi connectivity index (χ2n) is 6.71. The Labute approximate surface area is 171 Å². The highest BCUT2D eigenvalue weighted by Gasteiger charge is 2.32. The normalized spacial score (nSPS) is 15.6. The number of benzene rings is 2. The van der Waals surface area contributed by atoms with Crippen molar-refractivity contribution in [3.05, 3.63) is 57.1 Å². The van der Waals surface area contributed by atoms with Gasteiger partial charge in [-0.2, -0.15) is 5.10 Å². The molecule has 2 aromatic rings. The molecule has 0 spiro atoms. The topological polar surface area (TPSA) is 93.4 Å². The van der Waals surface area contributed by atoms with Crippen LogP contribution in [0.5, 0.6) is 17.2 Å². The first-order chi connectivity index (χ1) is 13.2. The molecular weight excluding hydrogens is 403 g/mol. The number of hydrazone groups is 1. The van der Waals surface area contributed by atoms with Crippen LogP contribution in [-0.4, -0.2) is 31.9 Å². The first-order valence-electron chi connectivity index (χ1n) is 8.48. The molecule has 0 aliphatic carbocycles. The van der Waals surface area contributed by atoms with Gasteiger partial charge < -0.3 is 15.3 Å². The maximum Gasteiger partial charge on any atom is 0.276 e. The predicted octanol–water partition coefficient (Wildman–Crippen LogP) is 4.55. The zero-order valence-corrected chi connectivity index (χ0v) is 16.7. The molecule has 6 nitrogen and oxygen atoms in total. The van der Waals surface area contributed by atoms with E-state index in [1.54, 1.807) is 18.2 Å². The number of phenolic OH excluding ortho intramolecular Hbond substituents is 3. The van der Waals surface area contributed by atoms with E-state index in [-0.39, 0.29) is 29.7 Å². The Morgan fingerprint density at radius 3 is 2.36 bits per heavy atom. The van der Waals surface area contributed by atoms with E-state index in [0.29, 0.717) is 21.3 Å². The third-order valence-corrected chi connectivity index (χ3v) is 5.00. The van der Waals surface area contributed by atoms with Crippen LogP contribution in [0.4, 0.5) is 0 Å². The van der Waals surface area contributed by atoms with Gasteiger partial charge in [0.25, 0.3) is 5.91 Å². The van der Waals surface area contributed by atoms with Crippen molar-refractivity contribution in [2.24, 2.45) is 11.0 Å². The summed E-state index contributed by atoms with van der Waals surface area (Å²) in [4.78, 5) is 12.9. The number of aromatic hydroxyl groups is 3. The summed E-state index contributed by atoms with van der Waals surface area (Å²) in [5, 5.41) is 35.8. The Balaban J connectivity index is 1.97. The standard InChI is InChI=1S/C20H18Cl2N2O4/c1-10(2)19-13(6-12-7-17(26)18(27)8-16(12)25)20(28)24(23-19)9-11-3-4-14(21)15(22)5-11/h3-8,10,25-27H,9H2,1-2H3/b13-6+. The monoisotopic (exact) mass is 420 g/mol. The molecule has 3 rings (SSSR count). The van der Waals surface area contributed by atoms with Crippen molar-refractivity contribution in [3.8, 4) is 17.2 Å². The molecule has 8 heteroatoms. The quantitative estimate of drug-likeness (QED) is 0.384. The minimum Gasteiger partial charge on any atom is -0.507 e. The van der Waals surface area contributed by atoms with E-state index in [9.17, 15) is 20.1 Å². The number of hydrogen-bond acceptors (Lipinski definition) is 5. The molecular formula is C20H18Cl2N2O4. The summed E-state index contributed by atoms with van der Waals surface area (Å²) in [6.07, 6.45) is 1.45. The van der Waals surface area contributed by atoms with Crippen LogP contribution in [0.3, 0.4) is 0 Å². The van der Waals surface area contributed by atoms with E-state index in [2.05, 4.69) is 5.10 Å². The Morgan fingerprint density at radius 1 is 1.04 bits per heavy atom. The van der Waals surface area contributed by atoms with Gasteiger partial charge in [-0.05, 0) is 35.8 Å². The Hall–Kier alpha value is -2.70. The summed E-state index contributed by atoms with van der Waals surface area (Å²) in [7, 11) is 0. The summed E-state index contributed by atoms with van der Waals surface area (Å²) in [5.41, 5.74) is 1.82. The fraction of sp³-hybridized carbons (Fsp3) is 0.200. The highest BCUT2D eigenvalue weighted by molar-refractivity contribution is 6.42. The molecule has 146 valence electrons. The second-order valence-corrected chi connectivity index (χ2v) is 7.52. The summed E-state index contributed by atoms with van der Waals surface area (Å²) >= 11 is 12.0. The number of carbonyl (C=O) groups excluding carboxylic acids is 1. The van der Waals surface area contributed by atoms with E-state index in [1.807, 2.05) is 13.8 Å². The molecule has 1 amide bonds. The SMILES string of the molecule is CC(C)C1=NN(Cc2ccc(Cl)c(Cl)c2)C(=O)/C1=C/c1cc(O)c(O)cc1O. The number of carbonyl (C=O) groups is 1. The molecule has 3 N–H and O–H groups in total. The van der Waals surface area contributed by atoms with E-state index < -0.39 is 11.5 Å². The van der Waals surface area contributed by atoms with Gasteiger partial charge >= 0.3 is 0 Å². The lowest BCUT2D eigenvalue weighted by molar-refractivity contribution is -0.126. The summed E-state index contributed by atoms with van der Waals surface area (Å²) in [6, 6.07) is 7.29. The number of phenols is 3. The lowest BCUT2D eigenvalue weighted by Gasteiger charge is -2.12. The van der Waals surface area contributed by atoms with E-state index >= 15 is 0 Å². The van der Waals surface area contributed by atoms with E-state index in [1.165, 1.54) is 17.2 Å². The molecule has 0 radical (unpaired) electrons. The Kier molecular flexibility index (Phi) is 5.54. The van der Waals surface area contributed by atoms with Crippen LogP contribution in [-0.2, 0) is 11.3 Å². The van der Waals surface area contributed by atoms with Gasteiger partial charge in [-0.1, -0.05) is 43.1 Å². The number of nitrogens with zero attached hydrogens (tertiary/aromatic N) is 2. The van der Waals surface area contributed by atoms with Crippen molar-refractivity contribution < 1.29 is 20.1 Å². The third kappa shape index (κ3) is 3.93. The second kappa shape index (κ2) is 7.73. The largest absolute Gasteiger partial charge is 0.507 e. The molecule has 28 heavy (non-hydrogen) atoms. The van der Waals surface area contributed by atoms with Crippen molar-refractivity contribution in [2.45, 2.75) is 20.4 Å². The van der Waals surface area contributed by atoms with Crippen LogP contribution in [0.25, 0.3) is 6.08 Å². The van der Waals surface area contributed by atoms with E-state index in [0.717, 1.165) is 11.6 Å². The Morgan fingerprint density at radius 2 is 1.71 bits per heavy atom. The van der Waals surface area contributed by atoms with Gasteiger partial charge in [0.1, 0.15) is 5.75 Å². The van der Waals surface area contributed by atoms with Crippen LogP contribution in [0.2, 0.25) is 10.0 Å². The van der Waals surface area contributed by atoms with Crippen LogP contribution in [0.15, 0.2) is 41.0 Å². The molecule has 0 atom stereocenters. The van der Waals surface area contributed by atoms with E-state index in [4.69, 9.17) is 23.2 Å². The average Bonchev–Trinajstić information content (AvgIpc) is 2.92. The molecule has 0 aromatic heterocycles. The molecule has 0 saturated carbocycles. The zero-order chi connectivity index (χ0) is 20.6. The van der Waals surface area contributed by atoms with Crippen LogP contribution in [0, 0.1) is 5.92 Å². The summed E-state index contributed by atoms with van der Waals surface area (Å²) in [5.74, 6) is -1.51. The number of rotatable bonds is 4. The van der Waals surface area contributed by atoms with Crippen molar-refractivity contribution in [3.63, 3.8) is 0 Å². The molecule has 1 heterocycles. The summed E-state index contributed by atoms with van der Waals surface area (Å²) < 4.78 is 0. The lowest BCUT2D eigenvalue weighted by Crippen LogP contribution is -2.22. The van der Waals surface area contributed by atoms with Gasteiger partial charge in [-0.25, -0.2) is 5.01 Å². The van der Waals surface area contributed by atoms with Crippen molar-refractivity contribution in [2.75, 3.05) is 0 Å². The third-order valence-electron chi connectivity index (χ3n) is 4.26. The minimum absolute atomic E-state index is 0.0538. The molecule has 0 saturated heterocycles. The molecule has 0 unspecified atom stereocenters. The predicted molar refractivity (Wildman–Crippen MR) is 109 cm³/mol. The number of halogens is 2. The fourth-order valence-electron chi connectivity index (χ4n) is 2.81. The van der Waals surface area contributed by atoms with Crippen LogP contribution in [0.1, 0.15) is 25.0 Å². The average molecular weight is 421 g/mol. The minimum atomic E-state index is -0.448. The first-order valence-corrected chi connectivity index (χ1v) is 9.24. The van der Waals surface area contributed by atoms with Crippen molar-refractivity contribution >= 4 is 40.9 Å². The van der Waals surface area contributed by atoms with Gasteiger partial charge in [-0.15, -0.1) is 0 Å². The summed E-state index contributed by atoms with van der Waals surface area (Å²) in [6.45, 7) is 4.00. The highest BCUT2D eigenvalue weighted by Crippen LogP contribution is 2.35. The van der Waals surface area contributed by atoms with Crippen molar-refractivity contribution in [1.82, 2.24) is 5.01 Å². The molecule has 1 aliphatic rings. The van der Waals surface area contributed by atoms with Crippen LogP contribution >= 0.6 is 23.2 Å². The molecule has 2 aromatic carbocycles. The van der Waals surface area contributed by atoms with Crippen LogP contribution < -0.4 is 0 Å². The lowest BCUT2D eigenvalue weighted by atomic mass is 9.97. The fourth-order valence-corrected chi connectivity index (χ4v) is 3.13.